The molecule has 0 unspecified atom stereocenters. The molecule has 0 heterocycles. The minimum atomic E-state index is -0.818. The average molecular weight is 234 g/mol. The van der Waals surface area contributed by atoms with Crippen LogP contribution in [0.2, 0.25) is 5.02 Å². The molecule has 82 valence electrons. The maximum absolute atomic E-state index is 13.0. The van der Waals surface area contributed by atoms with Gasteiger partial charge in [0, 0.05) is 13.1 Å². The maximum Gasteiger partial charge on any atom is 0.295 e. The van der Waals surface area contributed by atoms with Crippen LogP contribution in [0.15, 0.2) is 12.1 Å². The second kappa shape index (κ2) is 4.90. The van der Waals surface area contributed by atoms with Crippen LogP contribution in [0.3, 0.4) is 0 Å². The highest BCUT2D eigenvalue weighted by Gasteiger charge is 2.17. The van der Waals surface area contributed by atoms with Gasteiger partial charge in [0.05, 0.1) is 16.0 Å². The van der Waals surface area contributed by atoms with Gasteiger partial charge in [-0.1, -0.05) is 11.6 Å². The van der Waals surface area contributed by atoms with Crippen molar-refractivity contribution in [1.29, 1.82) is 0 Å². The van der Waals surface area contributed by atoms with Gasteiger partial charge in [-0.3, -0.25) is 10.1 Å². The lowest BCUT2D eigenvalue weighted by Crippen LogP contribution is -2.14. The molecule has 0 aliphatic heterocycles. The number of rotatable bonds is 4. The number of nitrogens with zero attached hydrogens (tertiary/aromatic N) is 1. The molecular weight excluding hydrogens is 225 g/mol. The fourth-order valence-corrected chi connectivity index (χ4v) is 1.20. The van der Waals surface area contributed by atoms with Crippen LogP contribution in [-0.4, -0.2) is 18.0 Å². The number of nitrogens with two attached hydrogens (primary N) is 1. The standard InChI is InChI=1S/C8H9ClFN3O2/c9-5-3-7(12-2-1-11)8(13(14)15)4-6(5)10/h3-4,12H,1-2,11H2. The fraction of sp³-hybridized carbons (Fsp3) is 0.250. The summed E-state index contributed by atoms with van der Waals surface area (Å²) in [5.74, 6) is -0.818. The van der Waals surface area contributed by atoms with Crippen LogP contribution in [0.4, 0.5) is 15.8 Å². The summed E-state index contributed by atoms with van der Waals surface area (Å²) in [7, 11) is 0. The second-order valence-electron chi connectivity index (χ2n) is 2.76. The first-order valence-electron chi connectivity index (χ1n) is 4.13. The SMILES string of the molecule is NCCNc1cc(Cl)c(F)cc1[N+](=O)[O-]. The molecule has 0 fully saturated rings. The molecule has 0 aliphatic carbocycles. The first kappa shape index (κ1) is 11.7. The Morgan fingerprint density at radius 3 is 2.80 bits per heavy atom. The number of hydrogen-bond donors (Lipinski definition) is 2. The van der Waals surface area contributed by atoms with Crippen molar-refractivity contribution in [2.75, 3.05) is 18.4 Å². The molecule has 0 saturated carbocycles. The Balaban J connectivity index is 3.10. The van der Waals surface area contributed by atoms with Crippen molar-refractivity contribution in [3.8, 4) is 0 Å². The second-order valence-corrected chi connectivity index (χ2v) is 3.16. The van der Waals surface area contributed by atoms with E-state index >= 15 is 0 Å². The number of hydrogen-bond acceptors (Lipinski definition) is 4. The van der Waals surface area contributed by atoms with Gasteiger partial charge in [-0.05, 0) is 6.07 Å². The molecule has 0 aromatic heterocycles. The maximum atomic E-state index is 13.0. The molecule has 7 heteroatoms. The van der Waals surface area contributed by atoms with Gasteiger partial charge in [0.15, 0.2) is 0 Å². The Bertz CT molecular complexity index is 386. The van der Waals surface area contributed by atoms with E-state index in [0.29, 0.717) is 13.1 Å². The Labute approximate surface area is 90.2 Å². The van der Waals surface area contributed by atoms with E-state index in [4.69, 9.17) is 17.3 Å². The number of halogens is 2. The van der Waals surface area contributed by atoms with Gasteiger partial charge in [0.1, 0.15) is 11.5 Å². The van der Waals surface area contributed by atoms with Gasteiger partial charge >= 0.3 is 0 Å². The van der Waals surface area contributed by atoms with Crippen LogP contribution in [0.5, 0.6) is 0 Å². The number of benzene rings is 1. The minimum absolute atomic E-state index is 0.164. The fourth-order valence-electron chi connectivity index (χ4n) is 1.04. The quantitative estimate of drug-likeness (QED) is 0.613. The summed E-state index contributed by atoms with van der Waals surface area (Å²) in [6, 6.07) is 1.95. The summed E-state index contributed by atoms with van der Waals surface area (Å²) in [6.45, 7) is 0.662. The molecule has 0 radical (unpaired) electrons. The predicted octanol–water partition coefficient (Wildman–Crippen LogP) is 1.76. The largest absolute Gasteiger partial charge is 0.378 e. The molecule has 0 saturated heterocycles. The molecule has 0 bridgehead atoms. The summed E-state index contributed by atoms with van der Waals surface area (Å²) >= 11 is 5.50. The van der Waals surface area contributed by atoms with Crippen LogP contribution < -0.4 is 11.1 Å². The summed E-state index contributed by atoms with van der Waals surface area (Å²) in [5, 5.41) is 13.1. The third kappa shape index (κ3) is 2.77. The van der Waals surface area contributed by atoms with E-state index in [0.717, 1.165) is 6.07 Å². The van der Waals surface area contributed by atoms with Crippen molar-refractivity contribution < 1.29 is 9.31 Å². The van der Waals surface area contributed by atoms with Crippen molar-refractivity contribution in [3.63, 3.8) is 0 Å². The predicted molar refractivity (Wildman–Crippen MR) is 55.6 cm³/mol. The summed E-state index contributed by atoms with van der Waals surface area (Å²) in [6.07, 6.45) is 0. The van der Waals surface area contributed by atoms with E-state index in [1.807, 2.05) is 0 Å². The number of nitrogens with one attached hydrogen (secondary N) is 1. The van der Waals surface area contributed by atoms with E-state index in [1.54, 1.807) is 0 Å². The zero-order chi connectivity index (χ0) is 11.4. The first-order valence-corrected chi connectivity index (χ1v) is 4.51. The van der Waals surface area contributed by atoms with E-state index < -0.39 is 10.7 Å². The molecule has 1 aromatic carbocycles. The molecular formula is C8H9ClFN3O2. The molecule has 0 amide bonds. The Morgan fingerprint density at radius 2 is 2.27 bits per heavy atom. The summed E-state index contributed by atoms with van der Waals surface area (Å²) < 4.78 is 13.0. The van der Waals surface area contributed by atoms with Gasteiger partial charge in [0.2, 0.25) is 0 Å². The van der Waals surface area contributed by atoms with Gasteiger partial charge in [0.25, 0.3) is 5.69 Å². The highest BCUT2D eigenvalue weighted by atomic mass is 35.5. The van der Waals surface area contributed by atoms with Crippen molar-refractivity contribution in [1.82, 2.24) is 0 Å². The van der Waals surface area contributed by atoms with Crippen LogP contribution in [-0.2, 0) is 0 Å². The van der Waals surface area contributed by atoms with Crippen molar-refractivity contribution >= 4 is 23.0 Å². The molecule has 0 atom stereocenters. The number of anilines is 1. The summed E-state index contributed by atoms with van der Waals surface area (Å²) in [4.78, 5) is 9.89. The average Bonchev–Trinajstić information content (AvgIpc) is 2.19. The van der Waals surface area contributed by atoms with Gasteiger partial charge in [-0.2, -0.15) is 0 Å². The molecule has 5 nitrogen and oxygen atoms in total. The monoisotopic (exact) mass is 233 g/mol. The van der Waals surface area contributed by atoms with E-state index in [-0.39, 0.29) is 16.4 Å². The van der Waals surface area contributed by atoms with Crippen LogP contribution in [0, 0.1) is 15.9 Å². The first-order chi connectivity index (χ1) is 7.06. The lowest BCUT2D eigenvalue weighted by atomic mass is 10.2. The van der Waals surface area contributed by atoms with Crippen molar-refractivity contribution in [3.05, 3.63) is 33.1 Å². The highest BCUT2D eigenvalue weighted by molar-refractivity contribution is 6.31. The normalized spacial score (nSPS) is 10.1. The Morgan fingerprint density at radius 1 is 1.60 bits per heavy atom. The Kier molecular flexibility index (Phi) is 3.81. The van der Waals surface area contributed by atoms with E-state index in [9.17, 15) is 14.5 Å². The molecule has 1 rings (SSSR count). The molecule has 15 heavy (non-hydrogen) atoms. The van der Waals surface area contributed by atoms with E-state index in [2.05, 4.69) is 5.32 Å². The highest BCUT2D eigenvalue weighted by Crippen LogP contribution is 2.29. The van der Waals surface area contributed by atoms with Crippen molar-refractivity contribution in [2.24, 2.45) is 5.73 Å². The lowest BCUT2D eigenvalue weighted by Gasteiger charge is -2.06. The Hall–Kier alpha value is -1.40. The number of nitro groups is 1. The minimum Gasteiger partial charge on any atom is -0.378 e. The van der Waals surface area contributed by atoms with Gasteiger partial charge < -0.3 is 11.1 Å². The topological polar surface area (TPSA) is 81.2 Å². The van der Waals surface area contributed by atoms with Crippen LogP contribution in [0.1, 0.15) is 0 Å². The van der Waals surface area contributed by atoms with Crippen LogP contribution in [0.25, 0.3) is 0 Å². The zero-order valence-electron chi connectivity index (χ0n) is 7.67. The molecule has 1 aromatic rings. The van der Waals surface area contributed by atoms with Crippen molar-refractivity contribution in [2.45, 2.75) is 0 Å². The zero-order valence-corrected chi connectivity index (χ0v) is 8.42. The summed E-state index contributed by atoms with van der Waals surface area (Å²) in [5.41, 5.74) is 5.04. The van der Waals surface area contributed by atoms with Crippen LogP contribution >= 0.6 is 11.6 Å². The van der Waals surface area contributed by atoms with Gasteiger partial charge in [-0.15, -0.1) is 0 Å². The third-order valence-corrected chi connectivity index (χ3v) is 1.98. The molecule has 3 N–H and O–H groups in total. The van der Waals surface area contributed by atoms with Gasteiger partial charge in [-0.25, -0.2) is 4.39 Å². The van der Waals surface area contributed by atoms with E-state index in [1.165, 1.54) is 6.07 Å². The smallest absolute Gasteiger partial charge is 0.295 e. The lowest BCUT2D eigenvalue weighted by molar-refractivity contribution is -0.384. The molecule has 0 spiro atoms. The molecule has 0 aliphatic rings. The number of nitro benzene ring substituents is 1. The third-order valence-electron chi connectivity index (χ3n) is 1.70.